The molecule has 106 valence electrons. The topological polar surface area (TPSA) is 47.3 Å². The van der Waals surface area contributed by atoms with Crippen molar-refractivity contribution in [2.24, 2.45) is 5.84 Å². The van der Waals surface area contributed by atoms with E-state index >= 15 is 0 Å². The minimum Gasteiger partial charge on any atom is -0.494 e. The molecule has 3 nitrogen and oxygen atoms in total. The average molecular weight is 335 g/mol. The number of rotatable bonds is 5. The number of nitrogens with one attached hydrogen (secondary N) is 1. The quantitative estimate of drug-likeness (QED) is 0.647. The molecule has 0 saturated carbocycles. The molecule has 0 heterocycles. The molecule has 0 fully saturated rings. The van der Waals surface area contributed by atoms with E-state index < -0.39 is 0 Å². The minimum atomic E-state index is -0.0289. The van der Waals surface area contributed by atoms with E-state index in [0.29, 0.717) is 6.61 Å². The number of ether oxygens (including phenoxy) is 1. The largest absolute Gasteiger partial charge is 0.494 e. The molecule has 0 aliphatic rings. The van der Waals surface area contributed by atoms with Crippen molar-refractivity contribution in [2.75, 3.05) is 6.61 Å². The smallest absolute Gasteiger partial charge is 0.119 e. The maximum absolute atomic E-state index is 5.75. The van der Waals surface area contributed by atoms with Crippen LogP contribution in [0, 0.1) is 6.92 Å². The van der Waals surface area contributed by atoms with Gasteiger partial charge >= 0.3 is 0 Å². The molecular formula is C16H19BrN2O. The molecule has 0 radical (unpaired) electrons. The Balaban J connectivity index is 2.31. The van der Waals surface area contributed by atoms with Crippen molar-refractivity contribution in [2.45, 2.75) is 19.9 Å². The predicted octanol–water partition coefficient (Wildman–Crippen LogP) is 3.71. The molecule has 0 bridgehead atoms. The lowest BCUT2D eigenvalue weighted by atomic mass is 9.95. The lowest BCUT2D eigenvalue weighted by Crippen LogP contribution is -2.29. The van der Waals surface area contributed by atoms with Crippen molar-refractivity contribution in [3.05, 3.63) is 63.6 Å². The molecule has 1 unspecified atom stereocenters. The summed E-state index contributed by atoms with van der Waals surface area (Å²) in [5, 5.41) is 0. The fourth-order valence-electron chi connectivity index (χ4n) is 2.25. The molecule has 2 aromatic rings. The first kappa shape index (κ1) is 15.0. The van der Waals surface area contributed by atoms with E-state index in [1.165, 1.54) is 11.1 Å². The first-order valence-electron chi connectivity index (χ1n) is 6.60. The summed E-state index contributed by atoms with van der Waals surface area (Å²) in [5.41, 5.74) is 6.36. The van der Waals surface area contributed by atoms with E-state index in [4.69, 9.17) is 10.6 Å². The minimum absolute atomic E-state index is 0.0289. The maximum atomic E-state index is 5.75. The zero-order valence-corrected chi connectivity index (χ0v) is 13.3. The summed E-state index contributed by atoms with van der Waals surface area (Å²) in [6.07, 6.45) is 0. The van der Waals surface area contributed by atoms with Gasteiger partial charge in [0.15, 0.2) is 0 Å². The zero-order valence-electron chi connectivity index (χ0n) is 11.7. The van der Waals surface area contributed by atoms with E-state index in [-0.39, 0.29) is 6.04 Å². The van der Waals surface area contributed by atoms with Crippen LogP contribution in [0.5, 0.6) is 5.75 Å². The Labute approximate surface area is 128 Å². The number of hydrogen-bond acceptors (Lipinski definition) is 3. The van der Waals surface area contributed by atoms with Crippen LogP contribution < -0.4 is 16.0 Å². The monoisotopic (exact) mass is 334 g/mol. The summed E-state index contributed by atoms with van der Waals surface area (Å²) >= 11 is 3.48. The molecule has 2 rings (SSSR count). The highest BCUT2D eigenvalue weighted by Gasteiger charge is 2.14. The number of aryl methyl sites for hydroxylation is 1. The Kier molecular flexibility index (Phi) is 5.17. The number of hydrazine groups is 1. The number of hydrogen-bond donors (Lipinski definition) is 2. The van der Waals surface area contributed by atoms with Gasteiger partial charge in [-0.1, -0.05) is 34.1 Å². The molecule has 20 heavy (non-hydrogen) atoms. The SMILES string of the molecule is CCOc1ccc(C(NN)c2ccc(Br)cc2C)cc1. The molecule has 3 N–H and O–H groups in total. The van der Waals surface area contributed by atoms with Gasteiger partial charge in [-0.15, -0.1) is 0 Å². The van der Waals surface area contributed by atoms with E-state index in [1.807, 2.05) is 37.3 Å². The predicted molar refractivity (Wildman–Crippen MR) is 85.7 cm³/mol. The second kappa shape index (κ2) is 6.88. The van der Waals surface area contributed by atoms with E-state index in [9.17, 15) is 0 Å². The Bertz CT molecular complexity index is 569. The molecule has 0 saturated heterocycles. The van der Waals surface area contributed by atoms with Crippen molar-refractivity contribution in [3.8, 4) is 5.75 Å². The van der Waals surface area contributed by atoms with E-state index in [1.54, 1.807) is 0 Å². The molecule has 1 atom stereocenters. The van der Waals surface area contributed by atoms with Gasteiger partial charge in [-0.25, -0.2) is 5.43 Å². The Morgan fingerprint density at radius 3 is 2.45 bits per heavy atom. The summed E-state index contributed by atoms with van der Waals surface area (Å²) in [7, 11) is 0. The number of nitrogens with two attached hydrogens (primary N) is 1. The third-order valence-corrected chi connectivity index (χ3v) is 3.73. The highest BCUT2D eigenvalue weighted by Crippen LogP contribution is 2.27. The zero-order chi connectivity index (χ0) is 14.5. The normalized spacial score (nSPS) is 12.2. The number of halogens is 1. The van der Waals surface area contributed by atoms with Crippen LogP contribution in [0.4, 0.5) is 0 Å². The first-order valence-corrected chi connectivity index (χ1v) is 7.40. The summed E-state index contributed by atoms with van der Waals surface area (Å²) < 4.78 is 6.53. The molecule has 0 aromatic heterocycles. The van der Waals surface area contributed by atoms with Gasteiger partial charge in [-0.2, -0.15) is 0 Å². The summed E-state index contributed by atoms with van der Waals surface area (Å²) in [4.78, 5) is 0. The van der Waals surface area contributed by atoms with Gasteiger partial charge in [-0.3, -0.25) is 5.84 Å². The van der Waals surface area contributed by atoms with E-state index in [0.717, 1.165) is 15.8 Å². The van der Waals surface area contributed by atoms with E-state index in [2.05, 4.69) is 40.4 Å². The van der Waals surface area contributed by atoms with Crippen LogP contribution in [0.2, 0.25) is 0 Å². The highest BCUT2D eigenvalue weighted by atomic mass is 79.9. The van der Waals surface area contributed by atoms with Crippen LogP contribution in [0.25, 0.3) is 0 Å². The van der Waals surface area contributed by atoms with Crippen molar-refractivity contribution < 1.29 is 4.74 Å². The van der Waals surface area contributed by atoms with Crippen LogP contribution >= 0.6 is 15.9 Å². The van der Waals surface area contributed by atoms with Crippen LogP contribution in [-0.4, -0.2) is 6.61 Å². The summed E-state index contributed by atoms with van der Waals surface area (Å²) in [6.45, 7) is 4.73. The van der Waals surface area contributed by atoms with Gasteiger partial charge in [0.1, 0.15) is 5.75 Å². The lowest BCUT2D eigenvalue weighted by molar-refractivity contribution is 0.340. The molecule has 0 amide bonds. The van der Waals surface area contributed by atoms with Gasteiger partial charge in [0.2, 0.25) is 0 Å². The van der Waals surface area contributed by atoms with Crippen LogP contribution in [0.15, 0.2) is 46.9 Å². The van der Waals surface area contributed by atoms with Gasteiger partial charge in [0.05, 0.1) is 12.6 Å². The van der Waals surface area contributed by atoms with Gasteiger partial charge in [-0.05, 0) is 54.8 Å². The number of benzene rings is 2. The Morgan fingerprint density at radius 2 is 1.90 bits per heavy atom. The van der Waals surface area contributed by atoms with Gasteiger partial charge < -0.3 is 4.74 Å². The van der Waals surface area contributed by atoms with Crippen LogP contribution in [-0.2, 0) is 0 Å². The van der Waals surface area contributed by atoms with Gasteiger partial charge in [0, 0.05) is 4.47 Å². The van der Waals surface area contributed by atoms with Crippen molar-refractivity contribution in [1.82, 2.24) is 5.43 Å². The molecule has 2 aromatic carbocycles. The molecule has 0 aliphatic carbocycles. The Hall–Kier alpha value is -1.36. The molecule has 0 spiro atoms. The van der Waals surface area contributed by atoms with Gasteiger partial charge in [0.25, 0.3) is 0 Å². The second-order valence-corrected chi connectivity index (χ2v) is 5.52. The van der Waals surface area contributed by atoms with Crippen LogP contribution in [0.1, 0.15) is 29.7 Å². The van der Waals surface area contributed by atoms with Crippen molar-refractivity contribution in [1.29, 1.82) is 0 Å². The molecular weight excluding hydrogens is 316 g/mol. The first-order chi connectivity index (χ1) is 9.65. The maximum Gasteiger partial charge on any atom is 0.119 e. The highest BCUT2D eigenvalue weighted by molar-refractivity contribution is 9.10. The fraction of sp³-hybridized carbons (Fsp3) is 0.250. The standard InChI is InChI=1S/C16H19BrN2O/c1-3-20-14-7-4-12(5-8-14)16(19-18)15-9-6-13(17)10-11(15)2/h4-10,16,19H,3,18H2,1-2H3. The third kappa shape index (κ3) is 3.39. The van der Waals surface area contributed by atoms with Crippen molar-refractivity contribution >= 4 is 15.9 Å². The second-order valence-electron chi connectivity index (χ2n) is 4.60. The summed E-state index contributed by atoms with van der Waals surface area (Å²) in [6, 6.07) is 14.2. The Morgan fingerprint density at radius 1 is 1.20 bits per heavy atom. The molecule has 4 heteroatoms. The fourth-order valence-corrected chi connectivity index (χ4v) is 2.73. The third-order valence-electron chi connectivity index (χ3n) is 3.23. The van der Waals surface area contributed by atoms with Crippen LogP contribution in [0.3, 0.4) is 0 Å². The molecule has 0 aliphatic heterocycles. The summed E-state index contributed by atoms with van der Waals surface area (Å²) in [5.74, 6) is 6.62. The lowest BCUT2D eigenvalue weighted by Gasteiger charge is -2.19. The average Bonchev–Trinajstić information content (AvgIpc) is 2.44. The van der Waals surface area contributed by atoms with Crippen molar-refractivity contribution in [3.63, 3.8) is 0 Å².